The topological polar surface area (TPSA) is 61.4 Å². The van der Waals surface area contributed by atoms with Crippen molar-refractivity contribution >= 4 is 5.91 Å². The van der Waals surface area contributed by atoms with E-state index in [-0.39, 0.29) is 17.9 Å². The first kappa shape index (κ1) is 22.9. The highest BCUT2D eigenvalue weighted by Gasteiger charge is 2.31. The van der Waals surface area contributed by atoms with Crippen LogP contribution in [0.1, 0.15) is 62.0 Å². The molecule has 6 nitrogen and oxygen atoms in total. The van der Waals surface area contributed by atoms with Crippen LogP contribution >= 0.6 is 0 Å². The zero-order valence-electron chi connectivity index (χ0n) is 19.5. The molecule has 0 saturated carbocycles. The molecule has 0 unspecified atom stereocenters. The van der Waals surface area contributed by atoms with Gasteiger partial charge >= 0.3 is 0 Å². The molecule has 1 atom stereocenters. The number of pyridine rings is 2. The molecule has 4 heterocycles. The minimum Gasteiger partial charge on any atom is -0.349 e. The lowest BCUT2D eigenvalue weighted by atomic mass is 9.92. The number of hydrogen-bond donors (Lipinski definition) is 1. The van der Waals surface area contributed by atoms with Gasteiger partial charge in [0, 0.05) is 49.7 Å². The number of nitrogens with one attached hydrogen (secondary N) is 1. The lowest BCUT2D eigenvalue weighted by Gasteiger charge is -2.41. The van der Waals surface area contributed by atoms with Crippen molar-refractivity contribution in [2.24, 2.45) is 5.92 Å². The molecule has 6 heteroatoms. The molecule has 0 bridgehead atoms. The molecule has 2 aliphatic heterocycles. The largest absolute Gasteiger partial charge is 0.349 e. The maximum atomic E-state index is 12.9. The van der Waals surface area contributed by atoms with Crippen LogP contribution < -0.4 is 5.32 Å². The molecule has 2 fully saturated rings. The average molecular weight is 436 g/mol. The number of piperidine rings is 2. The van der Waals surface area contributed by atoms with Crippen LogP contribution in [-0.4, -0.2) is 57.9 Å². The van der Waals surface area contributed by atoms with Crippen LogP contribution in [0, 0.1) is 12.8 Å². The molecule has 0 spiro atoms. The summed E-state index contributed by atoms with van der Waals surface area (Å²) in [6.45, 7) is 9.46. The van der Waals surface area contributed by atoms with Gasteiger partial charge in [-0.1, -0.05) is 13.0 Å². The molecular weight excluding hydrogens is 398 g/mol. The Morgan fingerprint density at radius 3 is 2.44 bits per heavy atom. The van der Waals surface area contributed by atoms with E-state index < -0.39 is 0 Å². The van der Waals surface area contributed by atoms with E-state index >= 15 is 0 Å². The molecular formula is C26H37N5O. The van der Waals surface area contributed by atoms with E-state index in [1.54, 1.807) is 12.4 Å². The molecule has 2 aromatic rings. The van der Waals surface area contributed by atoms with E-state index in [9.17, 15) is 4.79 Å². The Hall–Kier alpha value is -2.31. The van der Waals surface area contributed by atoms with Crippen molar-refractivity contribution in [2.45, 2.75) is 64.6 Å². The fraction of sp³-hybridized carbons (Fsp3) is 0.577. The summed E-state index contributed by atoms with van der Waals surface area (Å²) in [6, 6.07) is 11.0. The minimum absolute atomic E-state index is 0.0794. The van der Waals surface area contributed by atoms with Crippen LogP contribution in [0.5, 0.6) is 0 Å². The fourth-order valence-corrected chi connectivity index (χ4v) is 5.19. The summed E-state index contributed by atoms with van der Waals surface area (Å²) in [5.74, 6) is 0.350. The van der Waals surface area contributed by atoms with Crippen LogP contribution in [0.25, 0.3) is 0 Å². The van der Waals surface area contributed by atoms with E-state index in [0.29, 0.717) is 6.04 Å². The molecule has 1 N–H and O–H groups in total. The summed E-state index contributed by atoms with van der Waals surface area (Å²) in [5.41, 5.74) is 3.41. The monoisotopic (exact) mass is 435 g/mol. The molecule has 2 aliphatic rings. The van der Waals surface area contributed by atoms with Crippen molar-refractivity contribution in [3.8, 4) is 0 Å². The van der Waals surface area contributed by atoms with E-state index in [0.717, 1.165) is 63.2 Å². The highest BCUT2D eigenvalue weighted by Crippen LogP contribution is 2.26. The van der Waals surface area contributed by atoms with Crippen LogP contribution in [-0.2, 0) is 11.3 Å². The second-order valence-corrected chi connectivity index (χ2v) is 9.34. The number of nitrogens with zero attached hydrogens (tertiary/aromatic N) is 4. The standard InChI is InChI=1S/C26H37N5O/c1-3-25(21-7-13-27-14-8-21)29-26(32)22-9-17-31(18-10-22)24-11-15-30(16-12-24)19-23-6-4-5-20(2)28-23/h4-8,13-14,22,24-25H,3,9-12,15-19H2,1-2H3,(H,29,32)/t25-/m1/s1. The third-order valence-corrected chi connectivity index (χ3v) is 7.14. The Balaban J connectivity index is 1.21. The first-order valence-corrected chi connectivity index (χ1v) is 12.2. The molecule has 4 rings (SSSR count). The Morgan fingerprint density at radius 1 is 1.06 bits per heavy atom. The van der Waals surface area contributed by atoms with Gasteiger partial charge in [-0.15, -0.1) is 0 Å². The highest BCUT2D eigenvalue weighted by atomic mass is 16.1. The van der Waals surface area contributed by atoms with E-state index in [1.807, 2.05) is 12.1 Å². The zero-order valence-corrected chi connectivity index (χ0v) is 19.5. The first-order chi connectivity index (χ1) is 15.6. The summed E-state index contributed by atoms with van der Waals surface area (Å²) in [6.07, 6.45) is 8.84. The van der Waals surface area contributed by atoms with Crippen molar-refractivity contribution in [3.05, 3.63) is 59.7 Å². The average Bonchev–Trinajstić information content (AvgIpc) is 2.83. The second-order valence-electron chi connectivity index (χ2n) is 9.34. The maximum Gasteiger partial charge on any atom is 0.223 e. The van der Waals surface area contributed by atoms with Crippen molar-refractivity contribution < 1.29 is 4.79 Å². The predicted octanol–water partition coefficient (Wildman–Crippen LogP) is 3.73. The Labute approximate surface area is 192 Å². The van der Waals surface area contributed by atoms with Crippen molar-refractivity contribution in [2.75, 3.05) is 26.2 Å². The number of rotatable bonds is 7. The van der Waals surface area contributed by atoms with Gasteiger partial charge in [0.15, 0.2) is 0 Å². The summed E-state index contributed by atoms with van der Waals surface area (Å²) >= 11 is 0. The van der Waals surface area contributed by atoms with Gasteiger partial charge in [0.1, 0.15) is 0 Å². The van der Waals surface area contributed by atoms with Gasteiger partial charge in [0.25, 0.3) is 0 Å². The van der Waals surface area contributed by atoms with Crippen molar-refractivity contribution in [3.63, 3.8) is 0 Å². The van der Waals surface area contributed by atoms with Crippen LogP contribution in [0.4, 0.5) is 0 Å². The lowest BCUT2D eigenvalue weighted by molar-refractivity contribution is -0.127. The van der Waals surface area contributed by atoms with Crippen molar-refractivity contribution in [1.82, 2.24) is 25.1 Å². The number of hydrogen-bond acceptors (Lipinski definition) is 5. The van der Waals surface area contributed by atoms with Crippen LogP contribution in [0.15, 0.2) is 42.7 Å². The summed E-state index contributed by atoms with van der Waals surface area (Å²) < 4.78 is 0. The van der Waals surface area contributed by atoms with Crippen LogP contribution in [0.2, 0.25) is 0 Å². The number of amides is 1. The first-order valence-electron chi connectivity index (χ1n) is 12.2. The summed E-state index contributed by atoms with van der Waals surface area (Å²) in [5, 5.41) is 3.28. The van der Waals surface area contributed by atoms with Gasteiger partial charge in [-0.2, -0.15) is 0 Å². The van der Waals surface area contributed by atoms with Crippen molar-refractivity contribution in [1.29, 1.82) is 0 Å². The molecule has 0 aromatic carbocycles. The highest BCUT2D eigenvalue weighted by molar-refractivity contribution is 5.79. The van der Waals surface area contributed by atoms with Gasteiger partial charge in [-0.05, 0) is 81.9 Å². The molecule has 0 aliphatic carbocycles. The number of carbonyl (C=O) groups is 1. The SMILES string of the molecule is CC[C@@H](NC(=O)C1CCN(C2CCN(Cc3cccc(C)n3)CC2)CC1)c1ccncc1. The lowest BCUT2D eigenvalue weighted by Crippen LogP contribution is -2.49. The Kier molecular flexibility index (Phi) is 7.87. The third kappa shape index (κ3) is 5.93. The summed E-state index contributed by atoms with van der Waals surface area (Å²) in [4.78, 5) is 26.8. The summed E-state index contributed by atoms with van der Waals surface area (Å²) in [7, 11) is 0. The second kappa shape index (κ2) is 11.0. The van der Waals surface area contributed by atoms with E-state index in [2.05, 4.69) is 57.1 Å². The Bertz CT molecular complexity index is 858. The number of carbonyl (C=O) groups excluding carboxylic acids is 1. The van der Waals surface area contributed by atoms with Gasteiger partial charge in [-0.3, -0.25) is 19.7 Å². The van der Waals surface area contributed by atoms with Gasteiger partial charge in [0.05, 0.1) is 11.7 Å². The smallest absolute Gasteiger partial charge is 0.223 e. The fourth-order valence-electron chi connectivity index (χ4n) is 5.19. The van der Waals surface area contributed by atoms with Gasteiger partial charge in [0.2, 0.25) is 5.91 Å². The van der Waals surface area contributed by atoms with E-state index in [4.69, 9.17) is 0 Å². The normalized spacial score (nSPS) is 20.2. The molecule has 2 aromatic heterocycles. The molecule has 32 heavy (non-hydrogen) atoms. The maximum absolute atomic E-state index is 12.9. The number of aryl methyl sites for hydroxylation is 1. The number of likely N-dealkylation sites (tertiary alicyclic amines) is 2. The van der Waals surface area contributed by atoms with E-state index in [1.165, 1.54) is 18.5 Å². The predicted molar refractivity (Wildman–Crippen MR) is 127 cm³/mol. The third-order valence-electron chi connectivity index (χ3n) is 7.14. The van der Waals surface area contributed by atoms with Crippen LogP contribution in [0.3, 0.4) is 0 Å². The van der Waals surface area contributed by atoms with Gasteiger partial charge < -0.3 is 10.2 Å². The van der Waals surface area contributed by atoms with Gasteiger partial charge in [-0.25, -0.2) is 0 Å². The quantitative estimate of drug-likeness (QED) is 0.718. The Morgan fingerprint density at radius 2 is 1.78 bits per heavy atom. The number of aromatic nitrogens is 2. The molecule has 2 saturated heterocycles. The molecule has 1 amide bonds. The zero-order chi connectivity index (χ0) is 22.3. The molecule has 172 valence electrons. The molecule has 0 radical (unpaired) electrons. The minimum atomic E-state index is 0.0794.